The molecule has 1 aromatic carbocycles. The van der Waals surface area contributed by atoms with E-state index in [0.29, 0.717) is 6.54 Å². The van der Waals surface area contributed by atoms with Gasteiger partial charge in [-0.25, -0.2) is 0 Å². The molecule has 1 atom stereocenters. The standard InChI is InChI=1S/C15H18ClN3O4/c1-15(2,3)18-8-9(6-13(18)20)14(21)17-12-7-10(19(22)23)4-5-11(12)16/h4-5,7,9H,6,8H2,1-3H3,(H,17,21)/t9-/m0/s1. The highest BCUT2D eigenvalue weighted by atomic mass is 35.5. The number of non-ortho nitro benzene ring substituents is 1. The number of hydrogen-bond acceptors (Lipinski definition) is 4. The Hall–Kier alpha value is -2.15. The van der Waals surface area contributed by atoms with E-state index in [0.717, 1.165) is 0 Å². The van der Waals surface area contributed by atoms with Crippen LogP contribution in [0.2, 0.25) is 5.02 Å². The molecular weight excluding hydrogens is 322 g/mol. The number of nitro benzene ring substituents is 1. The largest absolute Gasteiger partial charge is 0.337 e. The van der Waals surface area contributed by atoms with Crippen molar-refractivity contribution >= 4 is 34.8 Å². The van der Waals surface area contributed by atoms with Gasteiger partial charge in [-0.2, -0.15) is 0 Å². The van der Waals surface area contributed by atoms with E-state index in [2.05, 4.69) is 5.32 Å². The molecule has 8 heteroatoms. The fourth-order valence-corrected chi connectivity index (χ4v) is 2.65. The first kappa shape index (κ1) is 17.2. The number of likely N-dealkylation sites (tertiary alicyclic amines) is 1. The van der Waals surface area contributed by atoms with E-state index >= 15 is 0 Å². The normalized spacial score (nSPS) is 18.2. The third kappa shape index (κ3) is 3.79. The van der Waals surface area contributed by atoms with Crippen LogP contribution in [0, 0.1) is 16.0 Å². The summed E-state index contributed by atoms with van der Waals surface area (Å²) >= 11 is 5.97. The van der Waals surface area contributed by atoms with Gasteiger partial charge >= 0.3 is 0 Å². The lowest BCUT2D eigenvalue weighted by Crippen LogP contribution is -2.42. The summed E-state index contributed by atoms with van der Waals surface area (Å²) in [5.41, 5.74) is -0.342. The number of anilines is 1. The molecule has 0 unspecified atom stereocenters. The molecule has 0 radical (unpaired) electrons. The Morgan fingerprint density at radius 3 is 2.61 bits per heavy atom. The molecule has 2 amide bonds. The first-order valence-electron chi connectivity index (χ1n) is 7.15. The van der Waals surface area contributed by atoms with Gasteiger partial charge < -0.3 is 10.2 Å². The number of nitrogens with zero attached hydrogens (tertiary/aromatic N) is 2. The van der Waals surface area contributed by atoms with E-state index < -0.39 is 10.8 Å². The molecule has 23 heavy (non-hydrogen) atoms. The maximum atomic E-state index is 12.3. The van der Waals surface area contributed by atoms with Crippen molar-refractivity contribution in [2.24, 2.45) is 5.92 Å². The molecule has 0 saturated carbocycles. The van der Waals surface area contributed by atoms with Gasteiger partial charge in [0.25, 0.3) is 5.69 Å². The highest BCUT2D eigenvalue weighted by Gasteiger charge is 2.39. The molecule has 1 heterocycles. The van der Waals surface area contributed by atoms with Crippen LogP contribution in [0.1, 0.15) is 27.2 Å². The first-order chi connectivity index (χ1) is 10.6. The Morgan fingerprint density at radius 1 is 1.43 bits per heavy atom. The molecule has 1 aromatic rings. The summed E-state index contributed by atoms with van der Waals surface area (Å²) in [5.74, 6) is -0.952. The Balaban J connectivity index is 2.13. The van der Waals surface area contributed by atoms with Crippen molar-refractivity contribution in [1.29, 1.82) is 0 Å². The Kier molecular flexibility index (Phi) is 4.61. The van der Waals surface area contributed by atoms with Gasteiger partial charge in [-0.05, 0) is 26.8 Å². The van der Waals surface area contributed by atoms with Gasteiger partial charge in [-0.15, -0.1) is 0 Å². The molecule has 0 aliphatic carbocycles. The second kappa shape index (κ2) is 6.16. The van der Waals surface area contributed by atoms with Crippen LogP contribution in [-0.4, -0.2) is 33.7 Å². The summed E-state index contributed by atoms with van der Waals surface area (Å²) < 4.78 is 0. The lowest BCUT2D eigenvalue weighted by atomic mass is 10.1. The molecule has 1 N–H and O–H groups in total. The molecule has 0 aromatic heterocycles. The van der Waals surface area contributed by atoms with E-state index in [1.165, 1.54) is 18.2 Å². The number of carbonyl (C=O) groups is 2. The second-order valence-corrected chi connectivity index (χ2v) is 6.89. The predicted octanol–water partition coefficient (Wildman–Crippen LogP) is 2.83. The smallest absolute Gasteiger partial charge is 0.271 e. The van der Waals surface area contributed by atoms with Crippen molar-refractivity contribution in [2.45, 2.75) is 32.7 Å². The first-order valence-corrected chi connectivity index (χ1v) is 7.52. The number of halogens is 1. The minimum absolute atomic E-state index is 0.0808. The van der Waals surface area contributed by atoms with Crippen LogP contribution < -0.4 is 5.32 Å². The van der Waals surface area contributed by atoms with Crippen molar-refractivity contribution in [1.82, 2.24) is 4.90 Å². The lowest BCUT2D eigenvalue weighted by Gasteiger charge is -2.31. The topological polar surface area (TPSA) is 92.6 Å². The monoisotopic (exact) mass is 339 g/mol. The number of amides is 2. The minimum Gasteiger partial charge on any atom is -0.337 e. The van der Waals surface area contributed by atoms with Crippen LogP contribution in [0.15, 0.2) is 18.2 Å². The summed E-state index contributed by atoms with van der Waals surface area (Å²) in [5, 5.41) is 13.6. The summed E-state index contributed by atoms with van der Waals surface area (Å²) in [4.78, 5) is 36.3. The van der Waals surface area contributed by atoms with Gasteiger partial charge in [0.05, 0.1) is 21.6 Å². The van der Waals surface area contributed by atoms with E-state index in [9.17, 15) is 19.7 Å². The van der Waals surface area contributed by atoms with Crippen molar-refractivity contribution in [3.05, 3.63) is 33.3 Å². The number of rotatable bonds is 3. The predicted molar refractivity (Wildman–Crippen MR) is 86.3 cm³/mol. The number of nitrogens with one attached hydrogen (secondary N) is 1. The van der Waals surface area contributed by atoms with Crippen LogP contribution in [0.4, 0.5) is 11.4 Å². The second-order valence-electron chi connectivity index (χ2n) is 6.49. The molecule has 1 saturated heterocycles. The van der Waals surface area contributed by atoms with Crippen LogP contribution in [0.25, 0.3) is 0 Å². The zero-order chi connectivity index (χ0) is 17.4. The van der Waals surface area contributed by atoms with Gasteiger partial charge in [0.15, 0.2) is 0 Å². The van der Waals surface area contributed by atoms with Gasteiger partial charge in [0.2, 0.25) is 11.8 Å². The number of nitro groups is 1. The zero-order valence-electron chi connectivity index (χ0n) is 13.1. The van der Waals surface area contributed by atoms with Crippen LogP contribution in [-0.2, 0) is 9.59 Å². The maximum Gasteiger partial charge on any atom is 0.271 e. The van der Waals surface area contributed by atoms with Crippen molar-refractivity contribution < 1.29 is 14.5 Å². The number of benzene rings is 1. The molecule has 2 rings (SSSR count). The fourth-order valence-electron chi connectivity index (χ4n) is 2.49. The van der Waals surface area contributed by atoms with Gasteiger partial charge in [0.1, 0.15) is 0 Å². The van der Waals surface area contributed by atoms with Crippen LogP contribution in [0.5, 0.6) is 0 Å². The SMILES string of the molecule is CC(C)(C)N1C[C@@H](C(=O)Nc2cc([N+](=O)[O-])ccc2Cl)CC1=O. The third-order valence-electron chi connectivity index (χ3n) is 3.72. The molecular formula is C15H18ClN3O4. The van der Waals surface area contributed by atoms with E-state index in [1.54, 1.807) is 4.90 Å². The van der Waals surface area contributed by atoms with Gasteiger partial charge in [0, 0.05) is 30.6 Å². The Labute approximate surface area is 138 Å². The molecule has 0 spiro atoms. The Bertz CT molecular complexity index is 669. The molecule has 1 aliphatic heterocycles. The Morgan fingerprint density at radius 2 is 2.09 bits per heavy atom. The summed E-state index contributed by atoms with van der Waals surface area (Å²) in [7, 11) is 0. The number of carbonyl (C=O) groups excluding carboxylic acids is 2. The van der Waals surface area contributed by atoms with E-state index in [1.807, 2.05) is 20.8 Å². The van der Waals surface area contributed by atoms with Crippen molar-refractivity contribution in [3.8, 4) is 0 Å². The molecule has 1 aliphatic rings. The number of hydrogen-bond donors (Lipinski definition) is 1. The minimum atomic E-state index is -0.563. The highest BCUT2D eigenvalue weighted by molar-refractivity contribution is 6.33. The third-order valence-corrected chi connectivity index (χ3v) is 4.05. The van der Waals surface area contributed by atoms with Crippen molar-refractivity contribution in [2.75, 3.05) is 11.9 Å². The molecule has 0 bridgehead atoms. The summed E-state index contributed by atoms with van der Waals surface area (Å²) in [6.45, 7) is 6.04. The molecule has 1 fully saturated rings. The quantitative estimate of drug-likeness (QED) is 0.677. The maximum absolute atomic E-state index is 12.3. The lowest BCUT2D eigenvalue weighted by molar-refractivity contribution is -0.384. The zero-order valence-corrected chi connectivity index (χ0v) is 13.9. The highest BCUT2D eigenvalue weighted by Crippen LogP contribution is 2.30. The summed E-state index contributed by atoms with van der Waals surface area (Å²) in [6.07, 6.45) is 0.121. The van der Waals surface area contributed by atoms with Crippen LogP contribution in [0.3, 0.4) is 0 Å². The van der Waals surface area contributed by atoms with E-state index in [4.69, 9.17) is 11.6 Å². The average Bonchev–Trinajstić information content (AvgIpc) is 2.83. The van der Waals surface area contributed by atoms with Crippen LogP contribution >= 0.6 is 11.6 Å². The molecule has 124 valence electrons. The molecule has 7 nitrogen and oxygen atoms in total. The van der Waals surface area contributed by atoms with Crippen molar-refractivity contribution in [3.63, 3.8) is 0 Å². The fraction of sp³-hybridized carbons (Fsp3) is 0.467. The van der Waals surface area contributed by atoms with E-state index in [-0.39, 0.29) is 40.2 Å². The average molecular weight is 340 g/mol. The van der Waals surface area contributed by atoms with Gasteiger partial charge in [-0.1, -0.05) is 11.6 Å². The van der Waals surface area contributed by atoms with Gasteiger partial charge in [-0.3, -0.25) is 19.7 Å². The summed E-state index contributed by atoms with van der Waals surface area (Å²) in [6, 6.07) is 3.83.